The van der Waals surface area contributed by atoms with Gasteiger partial charge in [0.25, 0.3) is 17.7 Å². The van der Waals surface area contributed by atoms with E-state index < -0.39 is 30.2 Å². The quantitative estimate of drug-likeness (QED) is 0.223. The predicted octanol–water partition coefficient (Wildman–Crippen LogP) is 3.79. The van der Waals surface area contributed by atoms with Gasteiger partial charge in [0.1, 0.15) is 0 Å². The third kappa shape index (κ3) is 8.74. The number of rotatable bonds is 10. The lowest BCUT2D eigenvalue weighted by molar-refractivity contribution is -0.116. The highest BCUT2D eigenvalue weighted by Gasteiger charge is 2.32. The Morgan fingerprint density at radius 1 is 0.705 bits per heavy atom. The van der Waals surface area contributed by atoms with E-state index in [0.29, 0.717) is 16.4 Å². The molecule has 0 saturated heterocycles. The van der Waals surface area contributed by atoms with Crippen LogP contribution in [0.2, 0.25) is 0 Å². The lowest BCUT2D eigenvalue weighted by atomic mass is 10.1. The van der Waals surface area contributed by atoms with Crippen molar-refractivity contribution in [3.8, 4) is 0 Å². The van der Waals surface area contributed by atoms with Crippen molar-refractivity contribution in [2.45, 2.75) is 6.92 Å². The van der Waals surface area contributed by atoms with Gasteiger partial charge in [0.2, 0.25) is 11.8 Å². The molecule has 0 bridgehead atoms. The van der Waals surface area contributed by atoms with Crippen LogP contribution in [0.1, 0.15) is 48.4 Å². The molecular weight excluding hydrogens is 1260 g/mol. The Morgan fingerprint density at radius 3 is 1.68 bits per heavy atom. The second kappa shape index (κ2) is 17.1. The van der Waals surface area contributed by atoms with E-state index in [1.165, 1.54) is 23.8 Å². The van der Waals surface area contributed by atoms with Crippen LogP contribution in [0.3, 0.4) is 0 Å². The number of nitrogens with one attached hydrogen (secondary N) is 3. The molecule has 44 heavy (non-hydrogen) atoms. The number of aromatic carboxylic acids is 1. The topological polar surface area (TPSA) is 185 Å². The standard InChI is InChI=1S/C25H23I6N5O8/c1-8(38)36(4)21-18(30)11(14(26)12(19(21)31)24(42)35(2)3)23(41)33-7-9(39)34-20-16(28)10(22(40)32-5-6-37)15(27)13(17(20)29)25(43)44/h37H,5-7H2,1-4H3,(H,32,40)(H,33,41)(H,34,39)(H,43,44). The number of nitrogens with zero attached hydrogens (tertiary/aromatic N) is 2. The molecule has 2 aromatic rings. The van der Waals surface area contributed by atoms with Crippen molar-refractivity contribution < 1.29 is 39.0 Å². The van der Waals surface area contributed by atoms with Gasteiger partial charge in [-0.05, 0) is 136 Å². The highest BCUT2D eigenvalue weighted by molar-refractivity contribution is 14.1. The van der Waals surface area contributed by atoms with Crippen LogP contribution in [0.4, 0.5) is 11.4 Å². The van der Waals surface area contributed by atoms with E-state index in [-0.39, 0.29) is 63.6 Å². The van der Waals surface area contributed by atoms with Crippen molar-refractivity contribution in [2.24, 2.45) is 0 Å². The Balaban J connectivity index is 2.53. The van der Waals surface area contributed by atoms with Gasteiger partial charge in [0, 0.05) is 41.8 Å². The van der Waals surface area contributed by atoms with Crippen molar-refractivity contribution in [3.63, 3.8) is 0 Å². The lowest BCUT2D eigenvalue weighted by Gasteiger charge is -2.25. The number of anilines is 2. The summed E-state index contributed by atoms with van der Waals surface area (Å²) in [5.41, 5.74) is 0.589. The van der Waals surface area contributed by atoms with E-state index in [0.717, 1.165) is 0 Å². The summed E-state index contributed by atoms with van der Waals surface area (Å²) in [5.74, 6) is -4.03. The number of carbonyl (C=O) groups is 6. The molecule has 5 amide bonds. The molecule has 0 heterocycles. The highest BCUT2D eigenvalue weighted by atomic mass is 127. The molecule has 0 atom stereocenters. The zero-order valence-electron chi connectivity index (χ0n) is 23.1. The molecule has 5 N–H and O–H groups in total. The van der Waals surface area contributed by atoms with Gasteiger partial charge < -0.3 is 36.0 Å². The summed E-state index contributed by atoms with van der Waals surface area (Å²) in [6.45, 7) is 0.425. The van der Waals surface area contributed by atoms with Crippen LogP contribution in [-0.2, 0) is 9.59 Å². The summed E-state index contributed by atoms with van der Waals surface area (Å²) in [6, 6.07) is 0. The van der Waals surface area contributed by atoms with Gasteiger partial charge in [-0.15, -0.1) is 0 Å². The third-order valence-corrected chi connectivity index (χ3v) is 12.2. The van der Waals surface area contributed by atoms with Crippen molar-refractivity contribution in [1.29, 1.82) is 0 Å². The maximum atomic E-state index is 13.5. The van der Waals surface area contributed by atoms with Gasteiger partial charge in [0.15, 0.2) is 0 Å². The third-order valence-electron chi connectivity index (χ3n) is 5.78. The second-order valence-electron chi connectivity index (χ2n) is 8.90. The zero-order chi connectivity index (χ0) is 33.8. The molecule has 0 aliphatic rings. The van der Waals surface area contributed by atoms with Gasteiger partial charge in [-0.3, -0.25) is 24.0 Å². The minimum atomic E-state index is -1.31. The first kappa shape index (κ1) is 39.8. The molecule has 0 fully saturated rings. The Hall–Kier alpha value is -0.400. The first-order chi connectivity index (χ1) is 20.4. The molecule has 13 nitrogen and oxygen atoms in total. The van der Waals surface area contributed by atoms with Crippen LogP contribution in [0.15, 0.2) is 0 Å². The molecule has 238 valence electrons. The SMILES string of the molecule is CC(=O)N(C)c1c(I)c(C(=O)NCC(=O)Nc2c(I)c(C(=O)O)c(I)c(C(=O)NCCO)c2I)c(I)c(C(=O)N(C)C)c1I. The van der Waals surface area contributed by atoms with E-state index in [1.807, 2.05) is 90.4 Å². The second-order valence-corrected chi connectivity index (χ2v) is 15.4. The van der Waals surface area contributed by atoms with Gasteiger partial charge in [-0.25, -0.2) is 4.79 Å². The average molecular weight is 1280 g/mol. The molecular formula is C25H23I6N5O8. The molecule has 2 rings (SSSR count). The van der Waals surface area contributed by atoms with Gasteiger partial charge >= 0.3 is 5.97 Å². The average Bonchev–Trinajstić information content (AvgIpc) is 2.92. The van der Waals surface area contributed by atoms with Crippen LogP contribution in [0, 0.1) is 21.4 Å². The number of aliphatic hydroxyl groups is 1. The number of aliphatic hydroxyl groups excluding tert-OH is 1. The summed E-state index contributed by atoms with van der Waals surface area (Å²) in [7, 11) is 4.66. The molecule has 0 saturated carbocycles. The summed E-state index contributed by atoms with van der Waals surface area (Å²) in [5, 5.41) is 26.6. The predicted molar refractivity (Wildman–Crippen MR) is 214 cm³/mol. The fourth-order valence-corrected chi connectivity index (χ4v) is 12.8. The maximum Gasteiger partial charge on any atom is 0.337 e. The Morgan fingerprint density at radius 2 is 1.18 bits per heavy atom. The fraction of sp³-hybridized carbons (Fsp3) is 0.280. The fourth-order valence-electron chi connectivity index (χ4n) is 3.56. The molecule has 0 aliphatic heterocycles. The number of benzene rings is 2. The van der Waals surface area contributed by atoms with E-state index in [1.54, 1.807) is 59.3 Å². The number of amides is 5. The molecule has 0 aliphatic carbocycles. The largest absolute Gasteiger partial charge is 0.478 e. The van der Waals surface area contributed by atoms with Crippen molar-refractivity contribution in [2.75, 3.05) is 51.1 Å². The number of hydrogen-bond donors (Lipinski definition) is 5. The highest BCUT2D eigenvalue weighted by Crippen LogP contribution is 2.38. The van der Waals surface area contributed by atoms with E-state index in [9.17, 15) is 33.9 Å². The first-order valence-corrected chi connectivity index (χ1v) is 18.4. The normalized spacial score (nSPS) is 10.6. The van der Waals surface area contributed by atoms with Crippen LogP contribution >= 0.6 is 136 Å². The summed E-state index contributed by atoms with van der Waals surface area (Å²) in [4.78, 5) is 79.6. The first-order valence-electron chi connectivity index (χ1n) is 12.0. The monoisotopic (exact) mass is 1280 g/mol. The number of hydrogen-bond acceptors (Lipinski definition) is 7. The number of halogens is 6. The summed E-state index contributed by atoms with van der Waals surface area (Å²) < 4.78 is 1.81. The minimum absolute atomic E-state index is 0.0139. The number of carboxylic acids is 1. The smallest absolute Gasteiger partial charge is 0.337 e. The molecule has 19 heteroatoms. The van der Waals surface area contributed by atoms with E-state index in [4.69, 9.17) is 5.11 Å². The van der Waals surface area contributed by atoms with Crippen LogP contribution in [-0.4, -0.2) is 91.5 Å². The van der Waals surface area contributed by atoms with E-state index in [2.05, 4.69) is 16.0 Å². The van der Waals surface area contributed by atoms with Crippen LogP contribution < -0.4 is 20.9 Å². The Kier molecular flexibility index (Phi) is 15.5. The van der Waals surface area contributed by atoms with Crippen molar-refractivity contribution in [1.82, 2.24) is 15.5 Å². The molecule has 0 unspecified atom stereocenters. The molecule has 0 spiro atoms. The van der Waals surface area contributed by atoms with Gasteiger partial charge in [-0.1, -0.05) is 0 Å². The van der Waals surface area contributed by atoms with Crippen LogP contribution in [0.25, 0.3) is 0 Å². The van der Waals surface area contributed by atoms with Crippen molar-refractivity contribution in [3.05, 3.63) is 43.7 Å². The number of carboxylic acid groups (broad SMARTS) is 1. The van der Waals surface area contributed by atoms with E-state index >= 15 is 0 Å². The van der Waals surface area contributed by atoms with Crippen molar-refractivity contribution >= 4 is 182 Å². The van der Waals surface area contributed by atoms with Gasteiger partial charge in [-0.2, -0.15) is 0 Å². The molecule has 0 aromatic heterocycles. The zero-order valence-corrected chi connectivity index (χ0v) is 36.1. The number of carbonyl (C=O) groups excluding carboxylic acids is 5. The maximum absolute atomic E-state index is 13.5. The Labute approximate surface area is 334 Å². The summed E-state index contributed by atoms with van der Waals surface area (Å²) >= 11 is 11.1. The summed E-state index contributed by atoms with van der Waals surface area (Å²) in [6.07, 6.45) is 0. The molecule has 0 radical (unpaired) electrons. The lowest BCUT2D eigenvalue weighted by Crippen LogP contribution is -2.36. The van der Waals surface area contributed by atoms with Crippen LogP contribution in [0.5, 0.6) is 0 Å². The minimum Gasteiger partial charge on any atom is -0.478 e. The van der Waals surface area contributed by atoms with Gasteiger partial charge in [0.05, 0.1) is 61.1 Å². The Bertz CT molecular complexity index is 1580. The molecule has 2 aromatic carbocycles.